The van der Waals surface area contributed by atoms with Gasteiger partial charge in [0, 0.05) is 6.42 Å². The van der Waals surface area contributed by atoms with Gasteiger partial charge in [-0.1, -0.05) is 26.7 Å². The zero-order chi connectivity index (χ0) is 11.8. The molecule has 2 nitrogen and oxygen atoms in total. The fourth-order valence-electron chi connectivity index (χ4n) is 4.23. The van der Waals surface area contributed by atoms with Crippen LogP contribution in [0.15, 0.2) is 0 Å². The Balaban J connectivity index is 2.01. The van der Waals surface area contributed by atoms with E-state index >= 15 is 0 Å². The third-order valence-corrected chi connectivity index (χ3v) is 5.29. The highest BCUT2D eigenvalue weighted by Crippen LogP contribution is 2.58. The lowest BCUT2D eigenvalue weighted by Gasteiger charge is -2.37. The van der Waals surface area contributed by atoms with Crippen LogP contribution >= 0.6 is 0 Å². The topological polar surface area (TPSA) is 37.3 Å². The van der Waals surface area contributed by atoms with Crippen molar-refractivity contribution in [1.82, 2.24) is 0 Å². The second-order valence-corrected chi connectivity index (χ2v) is 6.19. The minimum Gasteiger partial charge on any atom is -0.481 e. The van der Waals surface area contributed by atoms with Crippen LogP contribution in [0.4, 0.5) is 0 Å². The van der Waals surface area contributed by atoms with Gasteiger partial charge >= 0.3 is 5.97 Å². The normalized spacial score (nSPS) is 42.2. The summed E-state index contributed by atoms with van der Waals surface area (Å²) in [6.07, 6.45) is 7.91. The molecule has 16 heavy (non-hydrogen) atoms. The van der Waals surface area contributed by atoms with Crippen molar-refractivity contribution in [2.24, 2.45) is 23.2 Å². The number of hydrogen-bond acceptors (Lipinski definition) is 1. The maximum Gasteiger partial charge on any atom is 0.303 e. The second kappa shape index (κ2) is 4.38. The number of rotatable bonds is 4. The molecule has 2 fully saturated rings. The molecule has 2 aliphatic rings. The summed E-state index contributed by atoms with van der Waals surface area (Å²) in [4.78, 5) is 10.7. The van der Waals surface area contributed by atoms with Gasteiger partial charge in [0.25, 0.3) is 0 Å². The summed E-state index contributed by atoms with van der Waals surface area (Å²) in [5.74, 6) is 1.80. The molecule has 2 bridgehead atoms. The van der Waals surface area contributed by atoms with Crippen LogP contribution < -0.4 is 0 Å². The van der Waals surface area contributed by atoms with Crippen LogP contribution in [0, 0.1) is 23.2 Å². The Hall–Kier alpha value is -0.530. The van der Waals surface area contributed by atoms with Gasteiger partial charge in [0.2, 0.25) is 0 Å². The molecule has 1 unspecified atom stereocenters. The molecule has 2 aliphatic carbocycles. The highest BCUT2D eigenvalue weighted by Gasteiger charge is 2.48. The van der Waals surface area contributed by atoms with Gasteiger partial charge in [0.05, 0.1) is 0 Å². The number of carboxylic acid groups (broad SMARTS) is 1. The Kier molecular flexibility index (Phi) is 3.27. The van der Waals surface area contributed by atoms with Crippen molar-refractivity contribution in [3.8, 4) is 0 Å². The van der Waals surface area contributed by atoms with Gasteiger partial charge in [-0.25, -0.2) is 0 Å². The summed E-state index contributed by atoms with van der Waals surface area (Å²) in [6, 6.07) is 0. The molecule has 2 saturated carbocycles. The highest BCUT2D eigenvalue weighted by molar-refractivity contribution is 5.66. The Morgan fingerprint density at radius 2 is 2.19 bits per heavy atom. The van der Waals surface area contributed by atoms with Crippen molar-refractivity contribution >= 4 is 5.97 Å². The summed E-state index contributed by atoms with van der Waals surface area (Å²) < 4.78 is 0. The lowest BCUT2D eigenvalue weighted by Crippen LogP contribution is -2.28. The smallest absolute Gasteiger partial charge is 0.303 e. The first-order chi connectivity index (χ1) is 7.55. The summed E-state index contributed by atoms with van der Waals surface area (Å²) in [7, 11) is 0. The van der Waals surface area contributed by atoms with Gasteiger partial charge < -0.3 is 5.11 Å². The molecule has 0 heterocycles. The van der Waals surface area contributed by atoms with E-state index in [1.165, 1.54) is 32.1 Å². The van der Waals surface area contributed by atoms with Crippen LogP contribution in [0.5, 0.6) is 0 Å². The number of fused-ring (bicyclic) bond motifs is 2. The lowest BCUT2D eigenvalue weighted by atomic mass is 9.68. The first kappa shape index (κ1) is 11.9. The summed E-state index contributed by atoms with van der Waals surface area (Å²) in [5, 5.41) is 8.80. The Morgan fingerprint density at radius 3 is 2.81 bits per heavy atom. The zero-order valence-electron chi connectivity index (χ0n) is 10.5. The van der Waals surface area contributed by atoms with E-state index in [1.807, 2.05) is 0 Å². The monoisotopic (exact) mass is 224 g/mol. The van der Waals surface area contributed by atoms with E-state index in [4.69, 9.17) is 5.11 Å². The average Bonchev–Trinajstić information content (AvgIpc) is 2.52. The second-order valence-electron chi connectivity index (χ2n) is 6.19. The molecule has 0 aromatic carbocycles. The molecule has 0 saturated heterocycles. The largest absolute Gasteiger partial charge is 0.481 e. The minimum atomic E-state index is -0.627. The molecule has 0 radical (unpaired) electrons. The third kappa shape index (κ3) is 2.11. The van der Waals surface area contributed by atoms with Crippen molar-refractivity contribution < 1.29 is 9.90 Å². The van der Waals surface area contributed by atoms with Gasteiger partial charge in [-0.05, 0) is 48.9 Å². The first-order valence-corrected chi connectivity index (χ1v) is 6.77. The standard InChI is InChI=1S/C14H24O2/c1-3-14(2)9-10-4-5-11(12(14)8-10)6-7-13(15)16/h10-12H,3-9H2,1-2H3,(H,15,16)/t10-,11-,12?,14-/m1/s1. The molecule has 0 aromatic rings. The van der Waals surface area contributed by atoms with Crippen molar-refractivity contribution in [3.63, 3.8) is 0 Å². The van der Waals surface area contributed by atoms with Crippen molar-refractivity contribution in [2.45, 2.75) is 58.8 Å². The third-order valence-electron chi connectivity index (χ3n) is 5.29. The quantitative estimate of drug-likeness (QED) is 0.790. The number of carbonyl (C=O) groups is 1. The molecule has 4 atom stereocenters. The average molecular weight is 224 g/mol. The molecule has 92 valence electrons. The molecular formula is C14H24O2. The van der Waals surface area contributed by atoms with Crippen LogP contribution in [-0.4, -0.2) is 11.1 Å². The molecule has 0 spiro atoms. The van der Waals surface area contributed by atoms with E-state index in [9.17, 15) is 4.79 Å². The maximum absolute atomic E-state index is 10.7. The maximum atomic E-state index is 10.7. The Bertz CT molecular complexity index is 274. The van der Waals surface area contributed by atoms with Gasteiger partial charge in [0.1, 0.15) is 0 Å². The van der Waals surface area contributed by atoms with Crippen LogP contribution in [0.25, 0.3) is 0 Å². The van der Waals surface area contributed by atoms with Crippen LogP contribution in [0.2, 0.25) is 0 Å². The number of hydrogen-bond donors (Lipinski definition) is 1. The van der Waals surface area contributed by atoms with Crippen molar-refractivity contribution in [2.75, 3.05) is 0 Å². The van der Waals surface area contributed by atoms with Gasteiger partial charge in [-0.15, -0.1) is 0 Å². The zero-order valence-corrected chi connectivity index (χ0v) is 10.5. The molecular weight excluding hydrogens is 200 g/mol. The molecule has 1 N–H and O–H groups in total. The molecule has 0 aliphatic heterocycles. The molecule has 2 heteroatoms. The fourth-order valence-corrected chi connectivity index (χ4v) is 4.23. The predicted molar refractivity (Wildman–Crippen MR) is 64.2 cm³/mol. The predicted octanol–water partition coefficient (Wildman–Crippen LogP) is 3.70. The van der Waals surface area contributed by atoms with E-state index in [-0.39, 0.29) is 0 Å². The summed E-state index contributed by atoms with van der Waals surface area (Å²) in [6.45, 7) is 4.73. The summed E-state index contributed by atoms with van der Waals surface area (Å²) >= 11 is 0. The molecule has 2 rings (SSSR count). The van der Waals surface area contributed by atoms with E-state index < -0.39 is 5.97 Å². The van der Waals surface area contributed by atoms with Gasteiger partial charge in [-0.3, -0.25) is 4.79 Å². The first-order valence-electron chi connectivity index (χ1n) is 6.77. The van der Waals surface area contributed by atoms with Crippen LogP contribution in [-0.2, 0) is 4.79 Å². The van der Waals surface area contributed by atoms with Gasteiger partial charge in [-0.2, -0.15) is 0 Å². The SMILES string of the molecule is CC[C@]1(C)C[C@@H]2CC[C@H](CCC(=O)O)C1C2. The van der Waals surface area contributed by atoms with Gasteiger partial charge in [0.15, 0.2) is 0 Å². The fraction of sp³-hybridized carbons (Fsp3) is 0.929. The van der Waals surface area contributed by atoms with E-state index in [2.05, 4.69) is 13.8 Å². The highest BCUT2D eigenvalue weighted by atomic mass is 16.4. The minimum absolute atomic E-state index is 0.367. The number of carboxylic acids is 1. The molecule has 0 aromatic heterocycles. The Labute approximate surface area is 98.4 Å². The lowest BCUT2D eigenvalue weighted by molar-refractivity contribution is -0.137. The molecule has 0 amide bonds. The van der Waals surface area contributed by atoms with Crippen LogP contribution in [0.3, 0.4) is 0 Å². The van der Waals surface area contributed by atoms with Crippen LogP contribution in [0.1, 0.15) is 58.8 Å². The van der Waals surface area contributed by atoms with E-state index in [0.717, 1.165) is 18.3 Å². The van der Waals surface area contributed by atoms with Crippen molar-refractivity contribution in [3.05, 3.63) is 0 Å². The summed E-state index contributed by atoms with van der Waals surface area (Å²) in [5.41, 5.74) is 0.504. The van der Waals surface area contributed by atoms with Crippen molar-refractivity contribution in [1.29, 1.82) is 0 Å². The van der Waals surface area contributed by atoms with E-state index in [1.54, 1.807) is 0 Å². The Morgan fingerprint density at radius 1 is 1.44 bits per heavy atom. The van der Waals surface area contributed by atoms with E-state index in [0.29, 0.717) is 17.8 Å². The number of aliphatic carboxylic acids is 1.